The average Bonchev–Trinajstić information content (AvgIpc) is 3.19. The van der Waals surface area contributed by atoms with Gasteiger partial charge in [0.05, 0.1) is 12.2 Å². The van der Waals surface area contributed by atoms with Gasteiger partial charge >= 0.3 is 5.97 Å². The number of carboxylic acids is 1. The maximum Gasteiger partial charge on any atom is 0.338 e. The second-order valence-corrected chi connectivity index (χ2v) is 5.24. The van der Waals surface area contributed by atoms with Crippen molar-refractivity contribution in [3.8, 4) is 5.75 Å². The Labute approximate surface area is 126 Å². The van der Waals surface area contributed by atoms with Gasteiger partial charge in [0.25, 0.3) is 5.91 Å². The lowest BCUT2D eigenvalue weighted by Crippen LogP contribution is -2.11. The fraction of sp³-hybridized carbons (Fsp3) is 0.250. The van der Waals surface area contributed by atoms with E-state index in [-0.39, 0.29) is 11.3 Å². The molecule has 2 N–H and O–H groups in total. The minimum absolute atomic E-state index is 0.0496. The van der Waals surface area contributed by atoms with Crippen molar-refractivity contribution in [1.29, 1.82) is 0 Å². The van der Waals surface area contributed by atoms with Crippen LogP contribution in [0.15, 0.2) is 41.0 Å². The van der Waals surface area contributed by atoms with Crippen molar-refractivity contribution >= 4 is 17.6 Å². The zero-order chi connectivity index (χ0) is 15.5. The van der Waals surface area contributed by atoms with Gasteiger partial charge in [-0.05, 0) is 43.0 Å². The number of furan rings is 1. The molecule has 1 heterocycles. The largest absolute Gasteiger partial charge is 0.493 e. The van der Waals surface area contributed by atoms with Crippen LogP contribution in [0.4, 0.5) is 5.69 Å². The first-order valence-electron chi connectivity index (χ1n) is 6.98. The third kappa shape index (κ3) is 3.46. The molecule has 22 heavy (non-hydrogen) atoms. The summed E-state index contributed by atoms with van der Waals surface area (Å²) in [5.41, 5.74) is 0.519. The molecule has 1 aromatic heterocycles. The van der Waals surface area contributed by atoms with E-state index >= 15 is 0 Å². The molecule has 1 amide bonds. The molecule has 0 bridgehead atoms. The van der Waals surface area contributed by atoms with Crippen molar-refractivity contribution in [2.45, 2.75) is 12.8 Å². The van der Waals surface area contributed by atoms with Crippen molar-refractivity contribution in [3.63, 3.8) is 0 Å². The summed E-state index contributed by atoms with van der Waals surface area (Å²) < 4.78 is 10.5. The summed E-state index contributed by atoms with van der Waals surface area (Å²) >= 11 is 0. The zero-order valence-electron chi connectivity index (χ0n) is 11.7. The Morgan fingerprint density at radius 3 is 2.59 bits per heavy atom. The van der Waals surface area contributed by atoms with Crippen LogP contribution in [0.5, 0.6) is 5.75 Å². The number of nitrogens with one attached hydrogen (secondary N) is 1. The molecule has 1 aliphatic carbocycles. The zero-order valence-corrected chi connectivity index (χ0v) is 11.7. The van der Waals surface area contributed by atoms with Gasteiger partial charge in [0, 0.05) is 11.8 Å². The van der Waals surface area contributed by atoms with E-state index in [0.717, 1.165) is 18.6 Å². The number of ether oxygens (including phenoxy) is 1. The van der Waals surface area contributed by atoms with Gasteiger partial charge in [0.2, 0.25) is 0 Å². The van der Waals surface area contributed by atoms with E-state index in [1.807, 2.05) is 0 Å². The van der Waals surface area contributed by atoms with Gasteiger partial charge in [-0.3, -0.25) is 4.79 Å². The van der Waals surface area contributed by atoms with E-state index < -0.39 is 11.9 Å². The number of carbonyl (C=O) groups is 2. The summed E-state index contributed by atoms with van der Waals surface area (Å²) in [6, 6.07) is 8.19. The standard InChI is InChI=1S/C16H15NO5/c18-15(14-7-11(9-22-14)16(19)20)17-12-3-5-13(6-4-12)21-8-10-1-2-10/h3-7,9-10H,1-2,8H2,(H,17,18)(H,19,20). The van der Waals surface area contributed by atoms with Gasteiger partial charge in [0.15, 0.2) is 5.76 Å². The second-order valence-electron chi connectivity index (χ2n) is 5.24. The van der Waals surface area contributed by atoms with Crippen LogP contribution in [-0.2, 0) is 0 Å². The molecule has 6 heteroatoms. The lowest BCUT2D eigenvalue weighted by Gasteiger charge is -2.07. The molecule has 0 spiro atoms. The van der Waals surface area contributed by atoms with Crippen LogP contribution in [0.25, 0.3) is 0 Å². The van der Waals surface area contributed by atoms with Crippen molar-refractivity contribution in [1.82, 2.24) is 0 Å². The highest BCUT2D eigenvalue weighted by Gasteiger charge is 2.21. The quantitative estimate of drug-likeness (QED) is 0.856. The van der Waals surface area contributed by atoms with Gasteiger partial charge in [-0.1, -0.05) is 0 Å². The number of carboxylic acid groups (broad SMARTS) is 1. The minimum atomic E-state index is -1.14. The molecular formula is C16H15NO5. The SMILES string of the molecule is O=C(O)c1coc(C(=O)Nc2ccc(OCC3CC3)cc2)c1. The van der Waals surface area contributed by atoms with Crippen LogP contribution >= 0.6 is 0 Å². The Morgan fingerprint density at radius 2 is 2.00 bits per heavy atom. The molecule has 114 valence electrons. The number of hydrogen-bond donors (Lipinski definition) is 2. The molecule has 1 saturated carbocycles. The van der Waals surface area contributed by atoms with E-state index in [9.17, 15) is 9.59 Å². The fourth-order valence-corrected chi connectivity index (χ4v) is 1.89. The number of rotatable bonds is 6. The molecule has 0 aliphatic heterocycles. The number of amides is 1. The van der Waals surface area contributed by atoms with Crippen LogP contribution in [-0.4, -0.2) is 23.6 Å². The van der Waals surface area contributed by atoms with E-state index in [0.29, 0.717) is 11.6 Å². The highest BCUT2D eigenvalue weighted by atomic mass is 16.5. The monoisotopic (exact) mass is 301 g/mol. The van der Waals surface area contributed by atoms with Crippen molar-refractivity contribution in [2.24, 2.45) is 5.92 Å². The van der Waals surface area contributed by atoms with Crippen LogP contribution in [0.2, 0.25) is 0 Å². The highest BCUT2D eigenvalue weighted by Crippen LogP contribution is 2.29. The molecule has 2 aromatic rings. The van der Waals surface area contributed by atoms with Crippen molar-refractivity contribution in [3.05, 3.63) is 47.9 Å². The second kappa shape index (κ2) is 5.93. The summed E-state index contributed by atoms with van der Waals surface area (Å²) in [6.45, 7) is 0.732. The first kappa shape index (κ1) is 14.2. The minimum Gasteiger partial charge on any atom is -0.493 e. The summed E-state index contributed by atoms with van der Waals surface area (Å²) in [5, 5.41) is 11.4. The maximum atomic E-state index is 11.9. The summed E-state index contributed by atoms with van der Waals surface area (Å²) in [4.78, 5) is 22.7. The maximum absolute atomic E-state index is 11.9. The number of benzene rings is 1. The first-order valence-corrected chi connectivity index (χ1v) is 6.98. The molecule has 0 unspecified atom stereocenters. The Bertz CT molecular complexity index is 685. The molecule has 1 aromatic carbocycles. The Hall–Kier alpha value is -2.76. The fourth-order valence-electron chi connectivity index (χ4n) is 1.89. The molecule has 3 rings (SSSR count). The molecule has 0 atom stereocenters. The number of aromatic carboxylic acids is 1. The molecule has 1 fully saturated rings. The normalized spacial score (nSPS) is 13.6. The Balaban J connectivity index is 1.58. The van der Waals surface area contributed by atoms with Crippen molar-refractivity contribution in [2.75, 3.05) is 11.9 Å². The molecule has 0 saturated heterocycles. The van der Waals surface area contributed by atoms with Crippen LogP contribution < -0.4 is 10.1 Å². The number of carbonyl (C=O) groups excluding carboxylic acids is 1. The molecule has 1 aliphatic rings. The summed E-state index contributed by atoms with van der Waals surface area (Å²) in [6.07, 6.45) is 3.50. The summed E-state index contributed by atoms with van der Waals surface area (Å²) in [5.74, 6) is -0.247. The van der Waals surface area contributed by atoms with Crippen LogP contribution in [0.3, 0.4) is 0 Å². The smallest absolute Gasteiger partial charge is 0.338 e. The first-order chi connectivity index (χ1) is 10.6. The van der Waals surface area contributed by atoms with Crippen LogP contribution in [0, 0.1) is 5.92 Å². The van der Waals surface area contributed by atoms with Gasteiger partial charge < -0.3 is 19.6 Å². The lowest BCUT2D eigenvalue weighted by atomic mass is 10.2. The van der Waals surface area contributed by atoms with Gasteiger partial charge in [-0.15, -0.1) is 0 Å². The summed E-state index contributed by atoms with van der Waals surface area (Å²) in [7, 11) is 0. The predicted molar refractivity (Wildman–Crippen MR) is 78.3 cm³/mol. The van der Waals surface area contributed by atoms with E-state index in [2.05, 4.69) is 5.32 Å². The number of anilines is 1. The van der Waals surface area contributed by atoms with E-state index in [1.54, 1.807) is 24.3 Å². The molecule has 0 radical (unpaired) electrons. The van der Waals surface area contributed by atoms with Gasteiger partial charge in [-0.2, -0.15) is 0 Å². The third-order valence-electron chi connectivity index (χ3n) is 3.37. The van der Waals surface area contributed by atoms with Gasteiger partial charge in [0.1, 0.15) is 12.0 Å². The van der Waals surface area contributed by atoms with Crippen molar-refractivity contribution < 1.29 is 23.8 Å². The number of hydrogen-bond acceptors (Lipinski definition) is 4. The van der Waals surface area contributed by atoms with E-state index in [1.165, 1.54) is 18.9 Å². The highest BCUT2D eigenvalue weighted by molar-refractivity contribution is 6.03. The topological polar surface area (TPSA) is 88.8 Å². The third-order valence-corrected chi connectivity index (χ3v) is 3.37. The molecular weight excluding hydrogens is 286 g/mol. The Kier molecular flexibility index (Phi) is 3.82. The average molecular weight is 301 g/mol. The predicted octanol–water partition coefficient (Wildman–Crippen LogP) is 3.02. The Morgan fingerprint density at radius 1 is 1.27 bits per heavy atom. The lowest BCUT2D eigenvalue weighted by molar-refractivity contribution is 0.0696. The molecule has 6 nitrogen and oxygen atoms in total. The van der Waals surface area contributed by atoms with Gasteiger partial charge in [-0.25, -0.2) is 4.79 Å². The van der Waals surface area contributed by atoms with E-state index in [4.69, 9.17) is 14.3 Å². The van der Waals surface area contributed by atoms with Crippen LogP contribution in [0.1, 0.15) is 33.8 Å².